The number of imidazole rings is 1. The molecule has 1 amide bonds. The molecule has 23 heavy (non-hydrogen) atoms. The number of fused-ring (bicyclic) bond motifs is 1. The third kappa shape index (κ3) is 3.29. The predicted octanol–water partition coefficient (Wildman–Crippen LogP) is 3.74. The van der Waals surface area contributed by atoms with Crippen LogP contribution in [0.5, 0.6) is 0 Å². The molecule has 1 N–H and O–H groups in total. The minimum Gasteiger partial charge on any atom is -0.349 e. The van der Waals surface area contributed by atoms with Gasteiger partial charge in [0, 0.05) is 22.1 Å². The molecule has 120 valence electrons. The number of thiophene rings is 1. The van der Waals surface area contributed by atoms with Crippen molar-refractivity contribution in [1.29, 1.82) is 0 Å². The van der Waals surface area contributed by atoms with Crippen LogP contribution >= 0.6 is 11.3 Å². The lowest BCUT2D eigenvalue weighted by molar-refractivity contribution is -0.121. The van der Waals surface area contributed by atoms with Crippen molar-refractivity contribution < 1.29 is 4.79 Å². The predicted molar refractivity (Wildman–Crippen MR) is 94.0 cm³/mol. The third-order valence-electron chi connectivity index (χ3n) is 3.99. The molecule has 3 heterocycles. The van der Waals surface area contributed by atoms with E-state index in [2.05, 4.69) is 30.2 Å². The van der Waals surface area contributed by atoms with Crippen LogP contribution in [0.3, 0.4) is 0 Å². The van der Waals surface area contributed by atoms with Gasteiger partial charge in [0.15, 0.2) is 0 Å². The fraction of sp³-hybridized carbons (Fsp3) is 0.333. The number of rotatable bonds is 4. The second-order valence-corrected chi connectivity index (χ2v) is 7.45. The van der Waals surface area contributed by atoms with Crippen LogP contribution in [-0.4, -0.2) is 15.3 Å². The molecule has 0 radical (unpaired) electrons. The smallest absolute Gasteiger partial charge is 0.226 e. The SMILES string of the molecule is Cc1cc([C@H](C)NC(=O)Cc2cn3cccc(C)c3n2)c(C)s1. The average Bonchev–Trinajstić information content (AvgIpc) is 3.02. The van der Waals surface area contributed by atoms with Gasteiger partial charge in [-0.3, -0.25) is 4.79 Å². The Morgan fingerprint density at radius 1 is 1.39 bits per heavy atom. The number of carbonyl (C=O) groups is 1. The van der Waals surface area contributed by atoms with E-state index < -0.39 is 0 Å². The van der Waals surface area contributed by atoms with Crippen LogP contribution in [0.15, 0.2) is 30.6 Å². The van der Waals surface area contributed by atoms with E-state index in [1.807, 2.05) is 42.8 Å². The van der Waals surface area contributed by atoms with Gasteiger partial charge in [-0.2, -0.15) is 0 Å². The molecule has 0 saturated carbocycles. The molecule has 0 fully saturated rings. The lowest BCUT2D eigenvalue weighted by atomic mass is 10.1. The van der Waals surface area contributed by atoms with E-state index in [9.17, 15) is 4.79 Å². The van der Waals surface area contributed by atoms with Gasteiger partial charge in [-0.15, -0.1) is 11.3 Å². The van der Waals surface area contributed by atoms with Crippen molar-refractivity contribution in [2.45, 2.75) is 40.2 Å². The number of pyridine rings is 1. The molecule has 0 aromatic carbocycles. The Kier molecular flexibility index (Phi) is 4.22. The van der Waals surface area contributed by atoms with Gasteiger partial charge in [0.25, 0.3) is 0 Å². The van der Waals surface area contributed by atoms with Crippen LogP contribution in [0, 0.1) is 20.8 Å². The third-order valence-corrected chi connectivity index (χ3v) is 4.97. The number of aromatic nitrogens is 2. The lowest BCUT2D eigenvalue weighted by Gasteiger charge is -2.13. The fourth-order valence-electron chi connectivity index (χ4n) is 2.90. The van der Waals surface area contributed by atoms with Crippen LogP contribution in [0.4, 0.5) is 0 Å². The fourth-order valence-corrected chi connectivity index (χ4v) is 3.93. The van der Waals surface area contributed by atoms with Crippen molar-refractivity contribution in [1.82, 2.24) is 14.7 Å². The summed E-state index contributed by atoms with van der Waals surface area (Å²) in [7, 11) is 0. The second-order valence-electron chi connectivity index (χ2n) is 5.99. The summed E-state index contributed by atoms with van der Waals surface area (Å²) in [5.74, 6) is 0.00168. The van der Waals surface area contributed by atoms with Gasteiger partial charge >= 0.3 is 0 Å². The second kappa shape index (κ2) is 6.16. The highest BCUT2D eigenvalue weighted by Gasteiger charge is 2.15. The molecule has 5 heteroatoms. The van der Waals surface area contributed by atoms with Crippen molar-refractivity contribution in [3.8, 4) is 0 Å². The summed E-state index contributed by atoms with van der Waals surface area (Å²) in [5, 5.41) is 3.08. The minimum atomic E-state index is 0.00168. The maximum atomic E-state index is 12.3. The zero-order chi connectivity index (χ0) is 16.6. The van der Waals surface area contributed by atoms with E-state index in [0.717, 1.165) is 16.9 Å². The molecule has 0 unspecified atom stereocenters. The Morgan fingerprint density at radius 3 is 2.83 bits per heavy atom. The molecule has 3 rings (SSSR count). The summed E-state index contributed by atoms with van der Waals surface area (Å²) in [4.78, 5) is 19.4. The molecular weight excluding hydrogens is 306 g/mol. The quantitative estimate of drug-likeness (QED) is 0.793. The minimum absolute atomic E-state index is 0.00168. The summed E-state index contributed by atoms with van der Waals surface area (Å²) in [6.45, 7) is 8.24. The first-order valence-electron chi connectivity index (χ1n) is 7.73. The van der Waals surface area contributed by atoms with E-state index in [4.69, 9.17) is 0 Å². The highest BCUT2D eigenvalue weighted by Crippen LogP contribution is 2.26. The number of amides is 1. The van der Waals surface area contributed by atoms with Crippen molar-refractivity contribution in [2.24, 2.45) is 0 Å². The highest BCUT2D eigenvalue weighted by atomic mass is 32.1. The zero-order valence-electron chi connectivity index (χ0n) is 13.9. The average molecular weight is 327 g/mol. The summed E-state index contributed by atoms with van der Waals surface area (Å²) in [6, 6.07) is 6.18. The maximum absolute atomic E-state index is 12.3. The first-order chi connectivity index (χ1) is 10.9. The zero-order valence-corrected chi connectivity index (χ0v) is 14.7. The number of aryl methyl sites for hydroxylation is 3. The van der Waals surface area contributed by atoms with Crippen molar-refractivity contribution in [3.63, 3.8) is 0 Å². The van der Waals surface area contributed by atoms with Crippen LogP contribution < -0.4 is 5.32 Å². The number of nitrogens with zero attached hydrogens (tertiary/aromatic N) is 2. The maximum Gasteiger partial charge on any atom is 0.226 e. The highest BCUT2D eigenvalue weighted by molar-refractivity contribution is 7.12. The molecule has 4 nitrogen and oxygen atoms in total. The molecule has 0 bridgehead atoms. The molecule has 0 aliphatic carbocycles. The molecule has 0 aliphatic heterocycles. The van der Waals surface area contributed by atoms with E-state index in [1.165, 1.54) is 15.3 Å². The van der Waals surface area contributed by atoms with Crippen molar-refractivity contribution in [2.75, 3.05) is 0 Å². The van der Waals surface area contributed by atoms with E-state index in [1.54, 1.807) is 11.3 Å². The summed E-state index contributed by atoms with van der Waals surface area (Å²) < 4.78 is 1.97. The first-order valence-corrected chi connectivity index (χ1v) is 8.55. The van der Waals surface area contributed by atoms with Crippen molar-refractivity contribution in [3.05, 3.63) is 57.2 Å². The largest absolute Gasteiger partial charge is 0.349 e. The Bertz CT molecular complexity index is 862. The Morgan fingerprint density at radius 2 is 2.17 bits per heavy atom. The van der Waals surface area contributed by atoms with Crippen LogP contribution in [0.25, 0.3) is 5.65 Å². The van der Waals surface area contributed by atoms with Gasteiger partial charge in [-0.1, -0.05) is 6.07 Å². The van der Waals surface area contributed by atoms with E-state index in [-0.39, 0.29) is 11.9 Å². The number of hydrogen-bond acceptors (Lipinski definition) is 3. The Balaban J connectivity index is 1.71. The molecule has 0 aliphatic rings. The van der Waals surface area contributed by atoms with Crippen LogP contribution in [-0.2, 0) is 11.2 Å². The van der Waals surface area contributed by atoms with Crippen molar-refractivity contribution >= 4 is 22.9 Å². The normalized spacial score (nSPS) is 12.5. The van der Waals surface area contributed by atoms with Crippen LogP contribution in [0.1, 0.15) is 39.5 Å². The molecular formula is C18H21N3OS. The summed E-state index contributed by atoms with van der Waals surface area (Å²) in [6.07, 6.45) is 4.18. The first kappa shape index (κ1) is 15.7. The Labute approximate surface area is 140 Å². The van der Waals surface area contributed by atoms with Gasteiger partial charge in [0.1, 0.15) is 5.65 Å². The topological polar surface area (TPSA) is 46.4 Å². The molecule has 3 aromatic rings. The van der Waals surface area contributed by atoms with E-state index in [0.29, 0.717) is 6.42 Å². The van der Waals surface area contributed by atoms with Gasteiger partial charge in [-0.25, -0.2) is 4.98 Å². The van der Waals surface area contributed by atoms with Gasteiger partial charge in [-0.05, 0) is 51.0 Å². The summed E-state index contributed by atoms with van der Waals surface area (Å²) >= 11 is 1.77. The lowest BCUT2D eigenvalue weighted by Crippen LogP contribution is -2.28. The number of nitrogens with one attached hydrogen (secondary N) is 1. The van der Waals surface area contributed by atoms with Gasteiger partial charge in [0.05, 0.1) is 18.2 Å². The van der Waals surface area contributed by atoms with E-state index >= 15 is 0 Å². The molecule has 3 aromatic heterocycles. The van der Waals surface area contributed by atoms with Crippen LogP contribution in [0.2, 0.25) is 0 Å². The monoisotopic (exact) mass is 327 g/mol. The molecule has 0 spiro atoms. The van der Waals surface area contributed by atoms with Gasteiger partial charge in [0.2, 0.25) is 5.91 Å². The standard InChI is InChI=1S/C18H21N3OS/c1-11-6-5-7-21-10-15(20-18(11)21)9-17(22)19-13(3)16-8-12(2)23-14(16)4/h5-8,10,13H,9H2,1-4H3,(H,19,22)/t13-/m0/s1. The number of hydrogen-bond donors (Lipinski definition) is 1. The number of carbonyl (C=O) groups excluding carboxylic acids is 1. The molecule has 1 atom stereocenters. The Hall–Kier alpha value is -2.14. The summed E-state index contributed by atoms with van der Waals surface area (Å²) in [5.41, 5.74) is 4.01. The van der Waals surface area contributed by atoms with Gasteiger partial charge < -0.3 is 9.72 Å². The molecule has 0 saturated heterocycles.